The van der Waals surface area contributed by atoms with E-state index in [1.165, 1.54) is 17.7 Å². The summed E-state index contributed by atoms with van der Waals surface area (Å²) >= 11 is 0. The first-order valence-electron chi connectivity index (χ1n) is 12.4. The van der Waals surface area contributed by atoms with Crippen LogP contribution in [0.3, 0.4) is 0 Å². The number of benzene rings is 3. The fourth-order valence-electron chi connectivity index (χ4n) is 3.92. The van der Waals surface area contributed by atoms with Gasteiger partial charge >= 0.3 is 12.2 Å². The number of amides is 2. The van der Waals surface area contributed by atoms with Gasteiger partial charge in [-0.2, -0.15) is 18.2 Å². The quantitative estimate of drug-likeness (QED) is 0.252. The van der Waals surface area contributed by atoms with Crippen molar-refractivity contribution >= 4 is 11.7 Å². The largest absolute Gasteiger partial charge is 0.416 e. The molecule has 0 aliphatic rings. The molecule has 0 radical (unpaired) electrons. The summed E-state index contributed by atoms with van der Waals surface area (Å²) in [5.41, 5.74) is 2.38. The van der Waals surface area contributed by atoms with E-state index in [1.54, 1.807) is 4.90 Å². The first-order chi connectivity index (χ1) is 18.2. The van der Waals surface area contributed by atoms with Crippen LogP contribution >= 0.6 is 0 Å². The number of halogens is 3. The fourth-order valence-corrected chi connectivity index (χ4v) is 3.92. The Labute approximate surface area is 219 Å². The highest BCUT2D eigenvalue weighted by Gasteiger charge is 2.30. The Morgan fingerprint density at radius 3 is 2.34 bits per heavy atom. The van der Waals surface area contributed by atoms with Crippen molar-refractivity contribution in [3.63, 3.8) is 0 Å². The summed E-state index contributed by atoms with van der Waals surface area (Å²) in [7, 11) is 0. The van der Waals surface area contributed by atoms with Crippen molar-refractivity contribution in [2.45, 2.75) is 38.8 Å². The smallest absolute Gasteiger partial charge is 0.339 e. The molecular weight excluding hydrogens is 493 g/mol. The Morgan fingerprint density at radius 1 is 0.947 bits per heavy atom. The fraction of sp³-hybridized carbons (Fsp3) is 0.276. The second kappa shape index (κ2) is 11.9. The number of alkyl halides is 3. The third-order valence-electron chi connectivity index (χ3n) is 6.14. The molecule has 1 N–H and O–H groups in total. The molecule has 0 atom stereocenters. The lowest BCUT2D eigenvalue weighted by molar-refractivity contribution is -0.137. The van der Waals surface area contributed by atoms with Crippen LogP contribution in [0.5, 0.6) is 0 Å². The summed E-state index contributed by atoms with van der Waals surface area (Å²) in [5, 5.41) is 6.79. The summed E-state index contributed by atoms with van der Waals surface area (Å²) in [6.45, 7) is 4.95. The van der Waals surface area contributed by atoms with Gasteiger partial charge < -0.3 is 14.7 Å². The number of rotatable bonds is 9. The summed E-state index contributed by atoms with van der Waals surface area (Å²) in [5.74, 6) is 0.685. The normalized spacial score (nSPS) is 11.5. The van der Waals surface area contributed by atoms with E-state index in [0.29, 0.717) is 24.6 Å². The van der Waals surface area contributed by atoms with Crippen LogP contribution in [0.25, 0.3) is 11.4 Å². The molecule has 1 aromatic heterocycles. The third-order valence-corrected chi connectivity index (χ3v) is 6.14. The zero-order chi connectivity index (χ0) is 27.1. The number of anilines is 1. The highest BCUT2D eigenvalue weighted by atomic mass is 19.4. The zero-order valence-corrected chi connectivity index (χ0v) is 21.2. The zero-order valence-electron chi connectivity index (χ0n) is 21.2. The van der Waals surface area contributed by atoms with Crippen LogP contribution in [0.2, 0.25) is 0 Å². The average molecular weight is 523 g/mol. The maximum Gasteiger partial charge on any atom is 0.416 e. The van der Waals surface area contributed by atoms with E-state index < -0.39 is 11.7 Å². The first-order valence-corrected chi connectivity index (χ1v) is 12.4. The van der Waals surface area contributed by atoms with Gasteiger partial charge in [0.1, 0.15) is 0 Å². The lowest BCUT2D eigenvalue weighted by Gasteiger charge is -2.23. The second-order valence-corrected chi connectivity index (χ2v) is 9.27. The van der Waals surface area contributed by atoms with Crippen LogP contribution in [0.15, 0.2) is 83.4 Å². The number of hydrogen-bond donors (Lipinski definition) is 1. The van der Waals surface area contributed by atoms with Gasteiger partial charge in [0.2, 0.25) is 11.7 Å². The molecule has 38 heavy (non-hydrogen) atoms. The van der Waals surface area contributed by atoms with Crippen LogP contribution in [0.4, 0.5) is 23.7 Å². The van der Waals surface area contributed by atoms with E-state index in [2.05, 4.69) is 29.3 Å². The van der Waals surface area contributed by atoms with Crippen LogP contribution in [0, 0.1) is 0 Å². The maximum atomic E-state index is 13.2. The maximum absolute atomic E-state index is 13.2. The van der Waals surface area contributed by atoms with Crippen molar-refractivity contribution in [2.24, 2.45) is 0 Å². The van der Waals surface area contributed by atoms with Crippen LogP contribution < -0.4 is 5.32 Å². The molecule has 0 fully saturated rings. The standard InChI is InChI=1S/C29H29F3N4O2/c1-20(2)22-11-13-25(14-12-22)33-28(37)36(17-15-21-7-4-3-5-8-21)18-16-26-34-27(35-38-26)23-9-6-10-24(19-23)29(30,31)32/h3-14,19-20H,15-18H2,1-2H3,(H,33,37). The highest BCUT2D eigenvalue weighted by molar-refractivity contribution is 5.89. The minimum atomic E-state index is -4.47. The Bertz CT molecular complexity index is 1340. The molecule has 0 saturated carbocycles. The minimum absolute atomic E-state index is 0.0663. The number of urea groups is 1. The van der Waals surface area contributed by atoms with Crippen molar-refractivity contribution < 1.29 is 22.5 Å². The monoisotopic (exact) mass is 522 g/mol. The summed E-state index contributed by atoms with van der Waals surface area (Å²) in [6, 6.07) is 22.1. The molecule has 0 spiro atoms. The van der Waals surface area contributed by atoms with Gasteiger partial charge in [-0.05, 0) is 47.7 Å². The molecule has 4 rings (SSSR count). The van der Waals surface area contributed by atoms with Gasteiger partial charge in [-0.3, -0.25) is 0 Å². The predicted octanol–water partition coefficient (Wildman–Crippen LogP) is 7.20. The Hall–Kier alpha value is -4.14. The van der Waals surface area contributed by atoms with Gasteiger partial charge in [-0.1, -0.05) is 73.6 Å². The van der Waals surface area contributed by atoms with Crippen molar-refractivity contribution in [2.75, 3.05) is 18.4 Å². The van der Waals surface area contributed by atoms with Crippen LogP contribution in [0.1, 0.15) is 42.3 Å². The molecule has 2 amide bonds. The topological polar surface area (TPSA) is 71.3 Å². The van der Waals surface area contributed by atoms with Crippen LogP contribution in [-0.4, -0.2) is 34.2 Å². The lowest BCUT2D eigenvalue weighted by atomic mass is 10.0. The van der Waals surface area contributed by atoms with E-state index in [1.807, 2.05) is 54.6 Å². The van der Waals surface area contributed by atoms with Gasteiger partial charge in [0.15, 0.2) is 0 Å². The molecule has 9 heteroatoms. The van der Waals surface area contributed by atoms with E-state index >= 15 is 0 Å². The highest BCUT2D eigenvalue weighted by Crippen LogP contribution is 2.31. The SMILES string of the molecule is CC(C)c1ccc(NC(=O)N(CCc2ccccc2)CCc2nc(-c3cccc(C(F)(F)F)c3)no2)cc1. The van der Waals surface area contributed by atoms with Crippen molar-refractivity contribution in [3.05, 3.63) is 101 Å². The second-order valence-electron chi connectivity index (χ2n) is 9.27. The molecule has 0 saturated heterocycles. The number of carbonyl (C=O) groups is 1. The molecule has 4 aromatic rings. The Kier molecular flexibility index (Phi) is 8.45. The average Bonchev–Trinajstić information content (AvgIpc) is 3.38. The van der Waals surface area contributed by atoms with Crippen LogP contribution in [-0.2, 0) is 19.0 Å². The number of nitrogens with zero attached hydrogens (tertiary/aromatic N) is 3. The van der Waals surface area contributed by atoms with E-state index in [-0.39, 0.29) is 36.3 Å². The van der Waals surface area contributed by atoms with Crippen molar-refractivity contribution in [3.8, 4) is 11.4 Å². The van der Waals surface area contributed by atoms with Gasteiger partial charge in [0.05, 0.1) is 5.56 Å². The molecule has 3 aromatic carbocycles. The molecule has 6 nitrogen and oxygen atoms in total. The molecule has 198 valence electrons. The summed E-state index contributed by atoms with van der Waals surface area (Å²) in [6.07, 6.45) is -3.56. The molecule has 0 aliphatic carbocycles. The van der Waals surface area contributed by atoms with Gasteiger partial charge in [-0.15, -0.1) is 0 Å². The Morgan fingerprint density at radius 2 is 1.66 bits per heavy atom. The molecule has 0 unspecified atom stereocenters. The molecular formula is C29H29F3N4O2. The summed E-state index contributed by atoms with van der Waals surface area (Å²) < 4.78 is 44.5. The molecule has 1 heterocycles. The molecule has 0 aliphatic heterocycles. The van der Waals surface area contributed by atoms with Crippen molar-refractivity contribution in [1.29, 1.82) is 0 Å². The van der Waals surface area contributed by atoms with E-state index in [0.717, 1.165) is 17.7 Å². The van der Waals surface area contributed by atoms with Gasteiger partial charge in [0.25, 0.3) is 0 Å². The number of carbonyl (C=O) groups excluding carboxylic acids is 1. The lowest BCUT2D eigenvalue weighted by Crippen LogP contribution is -2.38. The third kappa shape index (κ3) is 7.21. The van der Waals surface area contributed by atoms with Crippen molar-refractivity contribution in [1.82, 2.24) is 15.0 Å². The first kappa shape index (κ1) is 26.9. The number of hydrogen-bond acceptors (Lipinski definition) is 4. The minimum Gasteiger partial charge on any atom is -0.339 e. The predicted molar refractivity (Wildman–Crippen MR) is 140 cm³/mol. The van der Waals surface area contributed by atoms with E-state index in [9.17, 15) is 18.0 Å². The van der Waals surface area contributed by atoms with Gasteiger partial charge in [-0.25, -0.2) is 4.79 Å². The molecule has 0 bridgehead atoms. The number of nitrogens with one attached hydrogen (secondary N) is 1. The van der Waals surface area contributed by atoms with E-state index in [4.69, 9.17) is 4.52 Å². The number of aromatic nitrogens is 2. The summed E-state index contributed by atoms with van der Waals surface area (Å²) in [4.78, 5) is 19.1. The van der Waals surface area contributed by atoms with Gasteiger partial charge in [0, 0.05) is 30.8 Å². The Balaban J connectivity index is 1.45.